The van der Waals surface area contributed by atoms with E-state index in [1.807, 2.05) is 25.1 Å². The van der Waals surface area contributed by atoms with Gasteiger partial charge in [0, 0.05) is 28.2 Å². The zero-order chi connectivity index (χ0) is 13.8. The highest BCUT2D eigenvalue weighted by Crippen LogP contribution is 2.24. The highest BCUT2D eigenvalue weighted by molar-refractivity contribution is 9.10. The Kier molecular flexibility index (Phi) is 4.66. The molecule has 100 valence electrons. The lowest BCUT2D eigenvalue weighted by Gasteiger charge is -2.13. The average Bonchev–Trinajstić information content (AvgIpc) is 2.39. The van der Waals surface area contributed by atoms with Crippen LogP contribution in [0.1, 0.15) is 30.8 Å². The van der Waals surface area contributed by atoms with Gasteiger partial charge in [0.05, 0.1) is 5.69 Å². The second-order valence-electron chi connectivity index (χ2n) is 4.60. The number of aryl methyl sites for hydroxylation is 1. The number of nitrogens with two attached hydrogens (primary N) is 1. The number of nitrogens with zero attached hydrogens (tertiary/aromatic N) is 2. The molecule has 2 N–H and O–H groups in total. The molecule has 0 aliphatic heterocycles. The SMILES string of the molecule is CCC(CN)c1nc(C)cc(-c2cccc(Br)c2)n1. The third kappa shape index (κ3) is 3.39. The summed E-state index contributed by atoms with van der Waals surface area (Å²) < 4.78 is 1.05. The molecule has 3 nitrogen and oxygen atoms in total. The predicted octanol–water partition coefficient (Wildman–Crippen LogP) is 3.67. The first-order chi connectivity index (χ1) is 9.13. The van der Waals surface area contributed by atoms with Gasteiger partial charge >= 0.3 is 0 Å². The van der Waals surface area contributed by atoms with Crippen molar-refractivity contribution >= 4 is 15.9 Å². The van der Waals surface area contributed by atoms with Crippen LogP contribution in [0.5, 0.6) is 0 Å². The summed E-state index contributed by atoms with van der Waals surface area (Å²) in [5, 5.41) is 0. The molecule has 0 saturated heterocycles. The maximum Gasteiger partial charge on any atom is 0.133 e. The fourth-order valence-electron chi connectivity index (χ4n) is 2.02. The van der Waals surface area contributed by atoms with Crippen LogP contribution in [0.25, 0.3) is 11.3 Å². The lowest BCUT2D eigenvalue weighted by molar-refractivity contribution is 0.628. The molecular weight excluding hydrogens is 302 g/mol. The minimum Gasteiger partial charge on any atom is -0.330 e. The van der Waals surface area contributed by atoms with Crippen molar-refractivity contribution in [2.24, 2.45) is 5.73 Å². The lowest BCUT2D eigenvalue weighted by Crippen LogP contribution is -2.15. The predicted molar refractivity (Wildman–Crippen MR) is 82.0 cm³/mol. The van der Waals surface area contributed by atoms with Crippen LogP contribution in [0.2, 0.25) is 0 Å². The molecule has 0 spiro atoms. The Hall–Kier alpha value is -1.26. The van der Waals surface area contributed by atoms with E-state index >= 15 is 0 Å². The zero-order valence-electron chi connectivity index (χ0n) is 11.2. The molecule has 1 aromatic heterocycles. The van der Waals surface area contributed by atoms with Gasteiger partial charge in [0.1, 0.15) is 5.82 Å². The van der Waals surface area contributed by atoms with Crippen molar-refractivity contribution in [1.82, 2.24) is 9.97 Å². The molecule has 0 amide bonds. The fraction of sp³-hybridized carbons (Fsp3) is 0.333. The van der Waals surface area contributed by atoms with Gasteiger partial charge in [-0.1, -0.05) is 35.0 Å². The Balaban J connectivity index is 2.47. The second-order valence-corrected chi connectivity index (χ2v) is 5.52. The van der Waals surface area contributed by atoms with Crippen LogP contribution >= 0.6 is 15.9 Å². The highest BCUT2D eigenvalue weighted by atomic mass is 79.9. The second kappa shape index (κ2) is 6.26. The van der Waals surface area contributed by atoms with Gasteiger partial charge in [0.15, 0.2) is 0 Å². The largest absolute Gasteiger partial charge is 0.330 e. The van der Waals surface area contributed by atoms with E-state index < -0.39 is 0 Å². The molecule has 4 heteroatoms. The van der Waals surface area contributed by atoms with Crippen molar-refractivity contribution in [3.8, 4) is 11.3 Å². The van der Waals surface area contributed by atoms with Crippen LogP contribution in [-0.2, 0) is 0 Å². The van der Waals surface area contributed by atoms with Gasteiger partial charge < -0.3 is 5.73 Å². The first kappa shape index (κ1) is 14.2. The van der Waals surface area contributed by atoms with Crippen LogP contribution < -0.4 is 5.73 Å². The van der Waals surface area contributed by atoms with Crippen LogP contribution in [0, 0.1) is 6.92 Å². The molecule has 0 bridgehead atoms. The summed E-state index contributed by atoms with van der Waals surface area (Å²) in [5.74, 6) is 1.07. The molecule has 0 aliphatic rings. The first-order valence-electron chi connectivity index (χ1n) is 6.45. The Labute approximate surface area is 122 Å². The molecule has 1 heterocycles. The van der Waals surface area contributed by atoms with Crippen LogP contribution in [-0.4, -0.2) is 16.5 Å². The van der Waals surface area contributed by atoms with Gasteiger partial charge in [-0.2, -0.15) is 0 Å². The number of hydrogen-bond acceptors (Lipinski definition) is 3. The highest BCUT2D eigenvalue weighted by Gasteiger charge is 2.13. The molecular formula is C15H18BrN3. The summed E-state index contributed by atoms with van der Waals surface area (Å²) >= 11 is 3.49. The molecule has 0 saturated carbocycles. The molecule has 0 aliphatic carbocycles. The maximum absolute atomic E-state index is 5.79. The van der Waals surface area contributed by atoms with Gasteiger partial charge in [0.2, 0.25) is 0 Å². The van der Waals surface area contributed by atoms with E-state index in [1.54, 1.807) is 0 Å². The molecule has 2 rings (SSSR count). The fourth-order valence-corrected chi connectivity index (χ4v) is 2.42. The van der Waals surface area contributed by atoms with Crippen molar-refractivity contribution in [2.45, 2.75) is 26.2 Å². The molecule has 19 heavy (non-hydrogen) atoms. The van der Waals surface area contributed by atoms with E-state index in [0.717, 1.165) is 33.7 Å². The van der Waals surface area contributed by atoms with E-state index in [1.165, 1.54) is 0 Å². The van der Waals surface area contributed by atoms with Crippen molar-refractivity contribution < 1.29 is 0 Å². The van der Waals surface area contributed by atoms with Gasteiger partial charge in [0.25, 0.3) is 0 Å². The zero-order valence-corrected chi connectivity index (χ0v) is 12.8. The van der Waals surface area contributed by atoms with Crippen LogP contribution in [0.15, 0.2) is 34.8 Å². The van der Waals surface area contributed by atoms with Crippen LogP contribution in [0.4, 0.5) is 0 Å². The average molecular weight is 320 g/mol. The first-order valence-corrected chi connectivity index (χ1v) is 7.25. The maximum atomic E-state index is 5.79. The van der Waals surface area contributed by atoms with Crippen molar-refractivity contribution in [2.75, 3.05) is 6.54 Å². The van der Waals surface area contributed by atoms with Gasteiger partial charge in [-0.3, -0.25) is 0 Å². The molecule has 2 aromatic rings. The molecule has 1 atom stereocenters. The van der Waals surface area contributed by atoms with E-state index in [-0.39, 0.29) is 5.92 Å². The number of aromatic nitrogens is 2. The van der Waals surface area contributed by atoms with E-state index in [0.29, 0.717) is 6.54 Å². The van der Waals surface area contributed by atoms with Gasteiger partial charge in [-0.05, 0) is 31.5 Å². The van der Waals surface area contributed by atoms with Crippen molar-refractivity contribution in [3.05, 3.63) is 46.3 Å². The standard InChI is InChI=1S/C15H18BrN3/c1-3-11(9-17)15-18-10(2)7-14(19-15)12-5-4-6-13(16)8-12/h4-8,11H,3,9,17H2,1-2H3. The summed E-state index contributed by atoms with van der Waals surface area (Å²) in [5.41, 5.74) is 8.81. The summed E-state index contributed by atoms with van der Waals surface area (Å²) in [7, 11) is 0. The van der Waals surface area contributed by atoms with Crippen molar-refractivity contribution in [1.29, 1.82) is 0 Å². The summed E-state index contributed by atoms with van der Waals surface area (Å²) in [6.45, 7) is 4.69. The van der Waals surface area contributed by atoms with Gasteiger partial charge in [-0.15, -0.1) is 0 Å². The molecule has 1 aromatic carbocycles. The Bertz CT molecular complexity index is 565. The third-order valence-electron chi connectivity index (χ3n) is 3.13. The minimum absolute atomic E-state index is 0.228. The number of halogens is 1. The van der Waals surface area contributed by atoms with Gasteiger partial charge in [-0.25, -0.2) is 9.97 Å². The Morgan fingerprint density at radius 2 is 2.05 bits per heavy atom. The third-order valence-corrected chi connectivity index (χ3v) is 3.63. The quantitative estimate of drug-likeness (QED) is 0.935. The van der Waals surface area contributed by atoms with Crippen LogP contribution in [0.3, 0.4) is 0 Å². The number of rotatable bonds is 4. The van der Waals surface area contributed by atoms with E-state index in [2.05, 4.69) is 45.0 Å². The molecule has 0 fully saturated rings. The van der Waals surface area contributed by atoms with E-state index in [9.17, 15) is 0 Å². The lowest BCUT2D eigenvalue weighted by atomic mass is 10.1. The van der Waals surface area contributed by atoms with E-state index in [4.69, 9.17) is 5.73 Å². The summed E-state index contributed by atoms with van der Waals surface area (Å²) in [6, 6.07) is 10.1. The minimum atomic E-state index is 0.228. The number of benzene rings is 1. The Morgan fingerprint density at radius 1 is 1.26 bits per heavy atom. The monoisotopic (exact) mass is 319 g/mol. The summed E-state index contributed by atoms with van der Waals surface area (Å²) in [6.07, 6.45) is 0.956. The van der Waals surface area contributed by atoms with Crippen molar-refractivity contribution in [3.63, 3.8) is 0 Å². The normalized spacial score (nSPS) is 12.4. The smallest absolute Gasteiger partial charge is 0.133 e. The summed E-state index contributed by atoms with van der Waals surface area (Å²) in [4.78, 5) is 9.20. The molecule has 0 radical (unpaired) electrons. The topological polar surface area (TPSA) is 51.8 Å². The molecule has 1 unspecified atom stereocenters. The number of hydrogen-bond donors (Lipinski definition) is 1. The Morgan fingerprint density at radius 3 is 2.68 bits per heavy atom.